The van der Waals surface area contributed by atoms with Crippen molar-refractivity contribution in [2.24, 2.45) is 0 Å². The van der Waals surface area contributed by atoms with Crippen LogP contribution < -0.4 is 10.6 Å². The number of aromatic nitrogens is 4. The van der Waals surface area contributed by atoms with Crippen LogP contribution in [0.5, 0.6) is 0 Å². The number of piperazine rings is 1. The van der Waals surface area contributed by atoms with Crippen LogP contribution in [0.2, 0.25) is 0 Å². The molecule has 1 aliphatic rings. The van der Waals surface area contributed by atoms with E-state index in [-0.39, 0.29) is 17.9 Å². The quantitative estimate of drug-likeness (QED) is 0.375. The van der Waals surface area contributed by atoms with Gasteiger partial charge in [-0.15, -0.1) is 0 Å². The Morgan fingerprint density at radius 2 is 1.87 bits per heavy atom. The maximum Gasteiger partial charge on any atom is 0.255 e. The van der Waals surface area contributed by atoms with Gasteiger partial charge in [-0.3, -0.25) is 14.3 Å². The molecule has 2 aromatic carbocycles. The summed E-state index contributed by atoms with van der Waals surface area (Å²) in [7, 11) is 2.06. The van der Waals surface area contributed by atoms with Gasteiger partial charge in [-0.1, -0.05) is 12.1 Å². The number of anilines is 2. The van der Waals surface area contributed by atoms with Gasteiger partial charge in [-0.25, -0.2) is 9.97 Å². The number of nitrogens with one attached hydrogen (secondary N) is 2. The lowest BCUT2D eigenvalue weighted by atomic mass is 10.0. The number of benzene rings is 2. The summed E-state index contributed by atoms with van der Waals surface area (Å²) in [4.78, 5) is 39.2. The second-order valence-corrected chi connectivity index (χ2v) is 10.0. The van der Waals surface area contributed by atoms with Gasteiger partial charge in [0, 0.05) is 49.5 Å². The minimum absolute atomic E-state index is 0.0179. The summed E-state index contributed by atoms with van der Waals surface area (Å²) < 4.78 is 1.81. The molecule has 1 aliphatic heterocycles. The van der Waals surface area contributed by atoms with E-state index in [1.807, 2.05) is 60.8 Å². The summed E-state index contributed by atoms with van der Waals surface area (Å²) in [5, 5.41) is 10.8. The zero-order valence-electron chi connectivity index (χ0n) is 22.8. The number of amides is 2. The van der Waals surface area contributed by atoms with Crippen molar-refractivity contribution < 1.29 is 9.59 Å². The minimum Gasteiger partial charge on any atom is -0.362 e. The van der Waals surface area contributed by atoms with Gasteiger partial charge >= 0.3 is 0 Å². The fourth-order valence-corrected chi connectivity index (χ4v) is 4.70. The molecule has 0 spiro atoms. The van der Waals surface area contributed by atoms with Crippen LogP contribution in [0, 0.1) is 6.92 Å². The molecular weight excluding hydrogens is 492 g/mol. The Balaban J connectivity index is 1.24. The van der Waals surface area contributed by atoms with E-state index < -0.39 is 0 Å². The molecule has 0 unspecified atom stereocenters. The van der Waals surface area contributed by atoms with Gasteiger partial charge in [0.25, 0.3) is 11.8 Å². The van der Waals surface area contributed by atoms with E-state index in [1.54, 1.807) is 24.4 Å². The lowest BCUT2D eigenvalue weighted by molar-refractivity contribution is 0.0663. The summed E-state index contributed by atoms with van der Waals surface area (Å²) in [5.41, 5.74) is 4.96. The molecule has 5 rings (SSSR count). The van der Waals surface area contributed by atoms with Crippen molar-refractivity contribution in [3.8, 4) is 0 Å². The Kier molecular flexibility index (Phi) is 7.56. The van der Waals surface area contributed by atoms with Crippen molar-refractivity contribution in [3.63, 3.8) is 0 Å². The topological polar surface area (TPSA) is 108 Å². The van der Waals surface area contributed by atoms with Gasteiger partial charge < -0.3 is 20.4 Å². The molecule has 2 amide bonds. The van der Waals surface area contributed by atoms with Crippen molar-refractivity contribution in [3.05, 3.63) is 77.1 Å². The Morgan fingerprint density at radius 1 is 1.08 bits per heavy atom. The van der Waals surface area contributed by atoms with Crippen LogP contribution >= 0.6 is 0 Å². The molecular formula is C29H34N8O2. The zero-order chi connectivity index (χ0) is 27.5. The number of aryl methyl sites for hydroxylation is 2. The highest BCUT2D eigenvalue weighted by Gasteiger charge is 2.22. The summed E-state index contributed by atoms with van der Waals surface area (Å²) in [6.07, 6.45) is 3.58. The maximum atomic E-state index is 13.1. The van der Waals surface area contributed by atoms with Crippen molar-refractivity contribution in [2.75, 3.05) is 43.9 Å². The third kappa shape index (κ3) is 5.91. The molecule has 0 aliphatic carbocycles. The van der Waals surface area contributed by atoms with Crippen molar-refractivity contribution >= 4 is 34.5 Å². The van der Waals surface area contributed by atoms with Crippen LogP contribution in [0.15, 0.2) is 54.9 Å². The summed E-state index contributed by atoms with van der Waals surface area (Å²) in [6.45, 7) is 9.84. The Hall–Kier alpha value is -4.31. The number of nitrogens with zero attached hydrogens (tertiary/aromatic N) is 6. The zero-order valence-corrected chi connectivity index (χ0v) is 22.8. The SMILES string of the molecule is CCn1cc2ncc(N[C@@H](C)c3cccc(NC(=O)c4ccc(C(=O)N5CCN(C)CC5)c(C)c4)c3)nc2n1. The van der Waals surface area contributed by atoms with E-state index in [0.717, 1.165) is 36.3 Å². The second-order valence-electron chi connectivity index (χ2n) is 10.0. The highest BCUT2D eigenvalue weighted by molar-refractivity contribution is 6.05. The van der Waals surface area contributed by atoms with Gasteiger partial charge in [0.2, 0.25) is 5.65 Å². The van der Waals surface area contributed by atoms with Crippen molar-refractivity contribution in [2.45, 2.75) is 33.4 Å². The molecule has 3 heterocycles. The molecule has 1 saturated heterocycles. The van der Waals surface area contributed by atoms with E-state index in [4.69, 9.17) is 0 Å². The third-order valence-corrected chi connectivity index (χ3v) is 7.12. The lowest BCUT2D eigenvalue weighted by Gasteiger charge is -2.32. The molecule has 0 radical (unpaired) electrons. The Bertz CT molecular complexity index is 1510. The van der Waals surface area contributed by atoms with Gasteiger partial charge in [0.05, 0.1) is 18.4 Å². The first-order valence-corrected chi connectivity index (χ1v) is 13.3. The molecule has 2 aromatic heterocycles. The summed E-state index contributed by atoms with van der Waals surface area (Å²) in [6, 6.07) is 12.9. The normalized spacial score (nSPS) is 14.8. The third-order valence-electron chi connectivity index (χ3n) is 7.12. The number of likely N-dealkylation sites (N-methyl/N-ethyl adjacent to an activating group) is 1. The number of rotatable bonds is 7. The van der Waals surface area contributed by atoms with Crippen LogP contribution in [0.3, 0.4) is 0 Å². The van der Waals surface area contributed by atoms with Crippen LogP contribution in [-0.2, 0) is 6.54 Å². The van der Waals surface area contributed by atoms with Gasteiger partial charge in [-0.2, -0.15) is 5.10 Å². The number of carbonyl (C=O) groups excluding carboxylic acids is 2. The number of hydrogen-bond donors (Lipinski definition) is 2. The average Bonchev–Trinajstić information content (AvgIpc) is 3.36. The standard InChI is InChI=1S/C29H34N8O2/c1-5-37-18-25-27(34-37)33-26(17-30-25)31-20(3)21-7-6-8-23(16-21)32-28(38)22-9-10-24(19(2)15-22)29(39)36-13-11-35(4)12-14-36/h6-10,15-18,20H,5,11-14H2,1-4H3,(H,32,38)(H,31,33,34)/t20-/m0/s1. The molecule has 0 saturated carbocycles. The van der Waals surface area contributed by atoms with E-state index in [2.05, 4.69) is 37.6 Å². The van der Waals surface area contributed by atoms with E-state index >= 15 is 0 Å². The maximum absolute atomic E-state index is 13.1. The molecule has 39 heavy (non-hydrogen) atoms. The molecule has 10 heteroatoms. The van der Waals surface area contributed by atoms with Crippen LogP contribution in [0.25, 0.3) is 11.2 Å². The average molecular weight is 527 g/mol. The Labute approximate surface area is 228 Å². The number of carbonyl (C=O) groups is 2. The first-order valence-electron chi connectivity index (χ1n) is 13.3. The molecule has 1 atom stereocenters. The van der Waals surface area contributed by atoms with Crippen LogP contribution in [0.4, 0.5) is 11.5 Å². The molecule has 10 nitrogen and oxygen atoms in total. The van der Waals surface area contributed by atoms with Crippen molar-refractivity contribution in [1.82, 2.24) is 29.5 Å². The summed E-state index contributed by atoms with van der Waals surface area (Å²) in [5.74, 6) is 0.425. The fraction of sp³-hybridized carbons (Fsp3) is 0.345. The monoisotopic (exact) mass is 526 g/mol. The predicted octanol–water partition coefficient (Wildman–Crippen LogP) is 3.97. The van der Waals surface area contributed by atoms with E-state index in [0.29, 0.717) is 41.4 Å². The van der Waals surface area contributed by atoms with Gasteiger partial charge in [-0.05, 0) is 69.3 Å². The summed E-state index contributed by atoms with van der Waals surface area (Å²) >= 11 is 0. The smallest absolute Gasteiger partial charge is 0.255 e. The molecule has 1 fully saturated rings. The van der Waals surface area contributed by atoms with E-state index in [9.17, 15) is 9.59 Å². The predicted molar refractivity (Wildman–Crippen MR) is 152 cm³/mol. The highest BCUT2D eigenvalue weighted by Crippen LogP contribution is 2.23. The Morgan fingerprint density at radius 3 is 2.62 bits per heavy atom. The number of hydrogen-bond acceptors (Lipinski definition) is 7. The van der Waals surface area contributed by atoms with Gasteiger partial charge in [0.15, 0.2) is 0 Å². The highest BCUT2D eigenvalue weighted by atomic mass is 16.2. The largest absolute Gasteiger partial charge is 0.362 e. The lowest BCUT2D eigenvalue weighted by Crippen LogP contribution is -2.47. The molecule has 4 aromatic rings. The molecule has 0 bridgehead atoms. The first-order chi connectivity index (χ1) is 18.8. The van der Waals surface area contributed by atoms with Crippen LogP contribution in [0.1, 0.15) is 51.7 Å². The van der Waals surface area contributed by atoms with E-state index in [1.165, 1.54) is 0 Å². The second kappa shape index (κ2) is 11.2. The minimum atomic E-state index is -0.225. The molecule has 202 valence electrons. The number of fused-ring (bicyclic) bond motifs is 1. The van der Waals surface area contributed by atoms with Crippen molar-refractivity contribution in [1.29, 1.82) is 0 Å². The first kappa shape index (κ1) is 26.3. The molecule has 2 N–H and O–H groups in total. The van der Waals surface area contributed by atoms with Crippen LogP contribution in [-0.4, -0.2) is 74.6 Å². The fourth-order valence-electron chi connectivity index (χ4n) is 4.70. The van der Waals surface area contributed by atoms with Gasteiger partial charge in [0.1, 0.15) is 11.3 Å².